The van der Waals surface area contributed by atoms with E-state index in [-0.39, 0.29) is 29.5 Å². The number of carbonyl (C=O) groups excluding carboxylic acids is 2. The largest absolute Gasteiger partial charge is 0.477 e. The lowest BCUT2D eigenvalue weighted by Gasteiger charge is -2.48. The Balaban J connectivity index is 1.71. The van der Waals surface area contributed by atoms with Gasteiger partial charge in [0.1, 0.15) is 27.8 Å². The van der Waals surface area contributed by atoms with E-state index in [4.69, 9.17) is 10.5 Å². The number of carboxylic acids is 1. The zero-order valence-corrected chi connectivity index (χ0v) is 16.3. The molecule has 2 aliphatic heterocycles. The standard InChI is InChI=1S/C15H19N5O5S2/c1-6(2)25-9(21)3-8-12(18-19-17-8)26-4-7-5-27-14-10(16)13(22)20(14)11(7)15(23)24/h6,10,14H,3-5,16H2,1-2H3,(H,23,24)(H,17,18,19)/t10?,14-/m1/s1. The fourth-order valence-electron chi connectivity index (χ4n) is 2.76. The molecule has 3 rings (SSSR count). The molecule has 3 heterocycles. The summed E-state index contributed by atoms with van der Waals surface area (Å²) in [6, 6.07) is -0.660. The van der Waals surface area contributed by atoms with Crippen LogP contribution in [0.2, 0.25) is 0 Å². The summed E-state index contributed by atoms with van der Waals surface area (Å²) in [5.74, 6) is -1.19. The van der Waals surface area contributed by atoms with Crippen molar-refractivity contribution < 1.29 is 24.2 Å². The van der Waals surface area contributed by atoms with Crippen LogP contribution in [0.25, 0.3) is 0 Å². The number of esters is 1. The first kappa shape index (κ1) is 19.7. The Morgan fingerprint density at radius 3 is 2.89 bits per heavy atom. The third-order valence-electron chi connectivity index (χ3n) is 3.94. The predicted molar refractivity (Wildman–Crippen MR) is 97.8 cm³/mol. The van der Waals surface area contributed by atoms with Crippen molar-refractivity contribution in [2.45, 2.75) is 42.8 Å². The van der Waals surface area contributed by atoms with Crippen molar-refractivity contribution in [1.29, 1.82) is 0 Å². The highest BCUT2D eigenvalue weighted by molar-refractivity contribution is 8.01. The van der Waals surface area contributed by atoms with Gasteiger partial charge >= 0.3 is 11.9 Å². The summed E-state index contributed by atoms with van der Waals surface area (Å²) >= 11 is 2.70. The Morgan fingerprint density at radius 1 is 1.48 bits per heavy atom. The molecule has 0 spiro atoms. The van der Waals surface area contributed by atoms with E-state index in [9.17, 15) is 19.5 Å². The van der Waals surface area contributed by atoms with Crippen LogP contribution >= 0.6 is 23.5 Å². The predicted octanol–water partition coefficient (Wildman–Crippen LogP) is -0.0280. The van der Waals surface area contributed by atoms with E-state index >= 15 is 0 Å². The van der Waals surface area contributed by atoms with Gasteiger partial charge in [-0.15, -0.1) is 16.9 Å². The Morgan fingerprint density at radius 2 is 2.22 bits per heavy atom. The normalized spacial score (nSPS) is 21.9. The third-order valence-corrected chi connectivity index (χ3v) is 6.39. The Bertz CT molecular complexity index is 808. The number of β-lactam (4-membered cyclic amide) rings is 1. The first-order valence-electron chi connectivity index (χ1n) is 8.17. The second-order valence-electron chi connectivity index (χ2n) is 6.27. The van der Waals surface area contributed by atoms with Gasteiger partial charge in [-0.05, 0) is 19.4 Å². The topological polar surface area (TPSA) is 152 Å². The number of aromatic amines is 1. The lowest BCUT2D eigenvalue weighted by atomic mass is 10.0. The number of aliphatic carboxylic acids is 1. The van der Waals surface area contributed by atoms with E-state index < -0.39 is 18.0 Å². The van der Waals surface area contributed by atoms with E-state index in [0.717, 1.165) is 0 Å². The highest BCUT2D eigenvalue weighted by Gasteiger charge is 2.51. The van der Waals surface area contributed by atoms with Gasteiger partial charge in [-0.1, -0.05) is 11.8 Å². The highest BCUT2D eigenvalue weighted by Crippen LogP contribution is 2.40. The van der Waals surface area contributed by atoms with E-state index in [0.29, 0.717) is 27.8 Å². The summed E-state index contributed by atoms with van der Waals surface area (Å²) < 4.78 is 5.10. The van der Waals surface area contributed by atoms with Gasteiger partial charge in [-0.3, -0.25) is 14.5 Å². The zero-order valence-electron chi connectivity index (χ0n) is 14.7. The molecule has 1 amide bonds. The molecule has 1 aromatic heterocycles. The number of nitrogens with two attached hydrogens (primary N) is 1. The van der Waals surface area contributed by atoms with Gasteiger partial charge in [0, 0.05) is 11.5 Å². The highest BCUT2D eigenvalue weighted by atomic mass is 32.2. The molecule has 2 atom stereocenters. The van der Waals surface area contributed by atoms with Gasteiger partial charge in [-0.2, -0.15) is 10.3 Å². The maximum Gasteiger partial charge on any atom is 0.352 e. The van der Waals surface area contributed by atoms with E-state index in [1.807, 2.05) is 0 Å². The van der Waals surface area contributed by atoms with Crippen molar-refractivity contribution in [3.05, 3.63) is 17.0 Å². The number of hydrogen-bond donors (Lipinski definition) is 3. The average molecular weight is 413 g/mol. The molecule has 1 saturated heterocycles. The molecule has 0 aliphatic carbocycles. The van der Waals surface area contributed by atoms with Crippen LogP contribution in [-0.2, 0) is 25.5 Å². The van der Waals surface area contributed by atoms with Crippen LogP contribution in [0.5, 0.6) is 0 Å². The molecular formula is C15H19N5O5S2. The quantitative estimate of drug-likeness (QED) is 0.316. The van der Waals surface area contributed by atoms with Crippen molar-refractivity contribution in [2.24, 2.45) is 5.73 Å². The Hall–Kier alpha value is -2.05. The third kappa shape index (κ3) is 3.96. The molecular weight excluding hydrogens is 394 g/mol. The maximum absolute atomic E-state index is 12.0. The lowest BCUT2D eigenvalue weighted by Crippen LogP contribution is -2.68. The number of carboxylic acid groups (broad SMARTS) is 1. The van der Waals surface area contributed by atoms with Crippen LogP contribution in [0.4, 0.5) is 0 Å². The van der Waals surface area contributed by atoms with Gasteiger partial charge in [0.05, 0.1) is 12.5 Å². The van der Waals surface area contributed by atoms with E-state index in [1.54, 1.807) is 13.8 Å². The van der Waals surface area contributed by atoms with Crippen LogP contribution in [0, 0.1) is 0 Å². The second kappa shape index (κ2) is 7.90. The molecule has 146 valence electrons. The molecule has 0 bridgehead atoms. The van der Waals surface area contributed by atoms with E-state index in [2.05, 4.69) is 15.4 Å². The molecule has 4 N–H and O–H groups in total. The van der Waals surface area contributed by atoms with E-state index in [1.165, 1.54) is 28.4 Å². The minimum atomic E-state index is -1.16. The van der Waals surface area contributed by atoms with Crippen LogP contribution in [0.15, 0.2) is 16.3 Å². The number of ether oxygens (including phenoxy) is 1. The maximum atomic E-state index is 12.0. The fraction of sp³-hybridized carbons (Fsp3) is 0.533. The lowest BCUT2D eigenvalue weighted by molar-refractivity contribution is -0.147. The molecule has 0 aromatic carbocycles. The van der Waals surface area contributed by atoms with Gasteiger partial charge in [-0.25, -0.2) is 4.79 Å². The van der Waals surface area contributed by atoms with Crippen molar-refractivity contribution >= 4 is 41.4 Å². The van der Waals surface area contributed by atoms with Crippen LogP contribution in [0.1, 0.15) is 19.5 Å². The number of nitrogens with one attached hydrogen (secondary N) is 1. The minimum absolute atomic E-state index is 0.0118. The average Bonchev–Trinajstić information content (AvgIpc) is 3.04. The number of fused-ring (bicyclic) bond motifs is 1. The number of hydrogen-bond acceptors (Lipinski definition) is 9. The van der Waals surface area contributed by atoms with Crippen LogP contribution < -0.4 is 5.73 Å². The number of aromatic nitrogens is 3. The van der Waals surface area contributed by atoms with Gasteiger partial charge in [0.15, 0.2) is 0 Å². The minimum Gasteiger partial charge on any atom is -0.477 e. The summed E-state index contributed by atoms with van der Waals surface area (Å²) in [5, 5.41) is 20.2. The number of rotatable bonds is 7. The summed E-state index contributed by atoms with van der Waals surface area (Å²) in [6.07, 6.45) is -0.255. The number of thioether (sulfide) groups is 2. The Kier molecular flexibility index (Phi) is 5.77. The smallest absolute Gasteiger partial charge is 0.352 e. The van der Waals surface area contributed by atoms with Crippen molar-refractivity contribution in [2.75, 3.05) is 11.5 Å². The van der Waals surface area contributed by atoms with Crippen LogP contribution in [0.3, 0.4) is 0 Å². The van der Waals surface area contributed by atoms with Crippen molar-refractivity contribution in [3.8, 4) is 0 Å². The van der Waals surface area contributed by atoms with Crippen molar-refractivity contribution in [1.82, 2.24) is 20.3 Å². The molecule has 0 radical (unpaired) electrons. The first-order valence-corrected chi connectivity index (χ1v) is 10.2. The number of nitrogens with zero attached hydrogens (tertiary/aromatic N) is 3. The van der Waals surface area contributed by atoms with Gasteiger partial charge < -0.3 is 15.6 Å². The summed E-state index contributed by atoms with van der Waals surface area (Å²) in [7, 11) is 0. The first-order chi connectivity index (χ1) is 12.8. The second-order valence-corrected chi connectivity index (χ2v) is 8.34. The van der Waals surface area contributed by atoms with Crippen molar-refractivity contribution in [3.63, 3.8) is 0 Å². The zero-order chi connectivity index (χ0) is 19.7. The SMILES string of the molecule is CC(C)OC(=O)Cc1n[nH]nc1SCC1=C(C(=O)O)N2C(=O)C(N)[C@H]2SC1. The number of amides is 1. The molecule has 1 fully saturated rings. The monoisotopic (exact) mass is 413 g/mol. The summed E-state index contributed by atoms with van der Waals surface area (Å²) in [4.78, 5) is 36.7. The molecule has 12 heteroatoms. The van der Waals surface area contributed by atoms with Gasteiger partial charge in [0.2, 0.25) is 5.91 Å². The number of H-pyrrole nitrogens is 1. The number of carbonyl (C=O) groups is 3. The summed E-state index contributed by atoms with van der Waals surface area (Å²) in [5.41, 5.74) is 6.77. The summed E-state index contributed by atoms with van der Waals surface area (Å²) in [6.45, 7) is 3.51. The molecule has 1 aromatic rings. The molecule has 1 unspecified atom stereocenters. The molecule has 10 nitrogen and oxygen atoms in total. The molecule has 0 saturated carbocycles. The van der Waals surface area contributed by atoms with Gasteiger partial charge in [0.25, 0.3) is 0 Å². The molecule has 27 heavy (non-hydrogen) atoms. The Labute approximate surface area is 163 Å². The van der Waals surface area contributed by atoms with Crippen LogP contribution in [-0.4, -0.2) is 72.3 Å². The molecule has 2 aliphatic rings. The fourth-order valence-corrected chi connectivity index (χ4v) is 5.12.